The number of rotatable bonds is 3. The molecule has 0 atom stereocenters. The van der Waals surface area contributed by atoms with Crippen LogP contribution < -0.4 is 15.2 Å². The molecular weight excluding hydrogens is 190 g/mol. The molecule has 0 aliphatic carbocycles. The molecule has 2 aromatic carbocycles. The highest BCUT2D eigenvalue weighted by atomic mass is 16.5. The standard InChI is InChI=1S/C12H13NO2/c1-14-11-6-2-5-10-9(11)4-3-7-12(10)15-8-13/h2-7H,8,13H2,1H3. The summed E-state index contributed by atoms with van der Waals surface area (Å²) in [6, 6.07) is 11.7. The lowest BCUT2D eigenvalue weighted by Gasteiger charge is -2.09. The van der Waals surface area contributed by atoms with E-state index >= 15 is 0 Å². The lowest BCUT2D eigenvalue weighted by molar-refractivity contribution is 0.333. The van der Waals surface area contributed by atoms with E-state index in [0.717, 1.165) is 22.3 Å². The van der Waals surface area contributed by atoms with E-state index in [1.807, 2.05) is 36.4 Å². The molecule has 0 aromatic heterocycles. The summed E-state index contributed by atoms with van der Waals surface area (Å²) >= 11 is 0. The van der Waals surface area contributed by atoms with Gasteiger partial charge in [0, 0.05) is 10.8 Å². The predicted octanol–water partition coefficient (Wildman–Crippen LogP) is 2.14. The molecule has 0 amide bonds. The molecule has 2 N–H and O–H groups in total. The van der Waals surface area contributed by atoms with Crippen molar-refractivity contribution in [2.24, 2.45) is 5.73 Å². The maximum absolute atomic E-state index is 5.37. The van der Waals surface area contributed by atoms with Gasteiger partial charge in [-0.1, -0.05) is 24.3 Å². The van der Waals surface area contributed by atoms with Gasteiger partial charge in [0.1, 0.15) is 18.2 Å². The molecule has 0 aliphatic heterocycles. The van der Waals surface area contributed by atoms with Gasteiger partial charge in [-0.25, -0.2) is 0 Å². The van der Waals surface area contributed by atoms with Crippen molar-refractivity contribution in [3.63, 3.8) is 0 Å². The van der Waals surface area contributed by atoms with Gasteiger partial charge in [-0.3, -0.25) is 5.73 Å². The number of methoxy groups -OCH3 is 1. The molecule has 15 heavy (non-hydrogen) atoms. The van der Waals surface area contributed by atoms with Gasteiger partial charge in [0.05, 0.1) is 7.11 Å². The van der Waals surface area contributed by atoms with Crippen LogP contribution in [-0.2, 0) is 0 Å². The van der Waals surface area contributed by atoms with Gasteiger partial charge in [-0.05, 0) is 12.1 Å². The second kappa shape index (κ2) is 4.19. The smallest absolute Gasteiger partial charge is 0.137 e. The van der Waals surface area contributed by atoms with Crippen LogP contribution in [0.1, 0.15) is 0 Å². The van der Waals surface area contributed by atoms with Crippen molar-refractivity contribution in [1.82, 2.24) is 0 Å². The summed E-state index contributed by atoms with van der Waals surface area (Å²) in [5.74, 6) is 1.63. The number of fused-ring (bicyclic) bond motifs is 1. The lowest BCUT2D eigenvalue weighted by atomic mass is 10.1. The second-order valence-corrected chi connectivity index (χ2v) is 3.12. The number of hydrogen-bond donors (Lipinski definition) is 1. The molecule has 0 fully saturated rings. The van der Waals surface area contributed by atoms with Gasteiger partial charge in [0.25, 0.3) is 0 Å². The maximum Gasteiger partial charge on any atom is 0.137 e. The fraction of sp³-hybridized carbons (Fsp3) is 0.167. The zero-order valence-electron chi connectivity index (χ0n) is 8.57. The van der Waals surface area contributed by atoms with Gasteiger partial charge in [-0.15, -0.1) is 0 Å². The van der Waals surface area contributed by atoms with Gasteiger partial charge < -0.3 is 9.47 Å². The van der Waals surface area contributed by atoms with Gasteiger partial charge in [-0.2, -0.15) is 0 Å². The molecule has 0 saturated heterocycles. The van der Waals surface area contributed by atoms with E-state index in [1.165, 1.54) is 0 Å². The minimum atomic E-state index is 0.177. The molecular formula is C12H13NO2. The third-order valence-electron chi connectivity index (χ3n) is 2.30. The van der Waals surface area contributed by atoms with Gasteiger partial charge >= 0.3 is 0 Å². The molecule has 0 heterocycles. The molecule has 3 heteroatoms. The van der Waals surface area contributed by atoms with Crippen molar-refractivity contribution in [1.29, 1.82) is 0 Å². The number of ether oxygens (including phenoxy) is 2. The van der Waals surface area contributed by atoms with Crippen LogP contribution in [0.4, 0.5) is 0 Å². The van der Waals surface area contributed by atoms with Gasteiger partial charge in [0.2, 0.25) is 0 Å². The van der Waals surface area contributed by atoms with E-state index in [9.17, 15) is 0 Å². The largest absolute Gasteiger partial charge is 0.496 e. The Kier molecular flexibility index (Phi) is 2.74. The summed E-state index contributed by atoms with van der Waals surface area (Å²) in [5.41, 5.74) is 5.37. The van der Waals surface area contributed by atoms with Gasteiger partial charge in [0.15, 0.2) is 0 Å². The molecule has 2 rings (SSSR count). The monoisotopic (exact) mass is 203 g/mol. The zero-order chi connectivity index (χ0) is 10.7. The molecule has 0 saturated carbocycles. The molecule has 0 bridgehead atoms. The first kappa shape index (κ1) is 9.80. The Labute approximate surface area is 88.4 Å². The number of benzene rings is 2. The Balaban J connectivity index is 2.65. The minimum absolute atomic E-state index is 0.177. The molecule has 0 aliphatic rings. The van der Waals surface area contributed by atoms with E-state index in [1.54, 1.807) is 7.11 Å². The summed E-state index contributed by atoms with van der Waals surface area (Å²) in [4.78, 5) is 0. The average Bonchev–Trinajstić information content (AvgIpc) is 2.29. The molecule has 2 aromatic rings. The van der Waals surface area contributed by atoms with Crippen molar-refractivity contribution >= 4 is 10.8 Å². The first-order valence-electron chi connectivity index (χ1n) is 4.75. The normalized spacial score (nSPS) is 10.3. The maximum atomic E-state index is 5.37. The number of hydrogen-bond acceptors (Lipinski definition) is 3. The van der Waals surface area contributed by atoms with Crippen LogP contribution in [0.25, 0.3) is 10.8 Å². The Morgan fingerprint density at radius 1 is 1.00 bits per heavy atom. The highest BCUT2D eigenvalue weighted by molar-refractivity contribution is 5.93. The third kappa shape index (κ3) is 1.74. The summed E-state index contributed by atoms with van der Waals surface area (Å²) in [6.07, 6.45) is 0. The summed E-state index contributed by atoms with van der Waals surface area (Å²) < 4.78 is 10.6. The summed E-state index contributed by atoms with van der Waals surface area (Å²) in [7, 11) is 1.66. The predicted molar refractivity (Wildman–Crippen MR) is 60.2 cm³/mol. The minimum Gasteiger partial charge on any atom is -0.496 e. The van der Waals surface area contributed by atoms with Crippen molar-refractivity contribution in [2.45, 2.75) is 0 Å². The van der Waals surface area contributed by atoms with Crippen LogP contribution in [0.2, 0.25) is 0 Å². The van der Waals surface area contributed by atoms with E-state index in [0.29, 0.717) is 0 Å². The van der Waals surface area contributed by atoms with E-state index in [-0.39, 0.29) is 6.73 Å². The van der Waals surface area contributed by atoms with Crippen molar-refractivity contribution in [2.75, 3.05) is 13.8 Å². The van der Waals surface area contributed by atoms with Crippen LogP contribution in [0.3, 0.4) is 0 Å². The van der Waals surface area contributed by atoms with Crippen LogP contribution in [0.15, 0.2) is 36.4 Å². The van der Waals surface area contributed by atoms with Crippen LogP contribution in [0.5, 0.6) is 11.5 Å². The lowest BCUT2D eigenvalue weighted by Crippen LogP contribution is -2.07. The molecule has 0 unspecified atom stereocenters. The van der Waals surface area contributed by atoms with Crippen molar-refractivity contribution < 1.29 is 9.47 Å². The fourth-order valence-corrected chi connectivity index (χ4v) is 1.65. The first-order valence-corrected chi connectivity index (χ1v) is 4.75. The second-order valence-electron chi connectivity index (χ2n) is 3.12. The van der Waals surface area contributed by atoms with Crippen LogP contribution in [-0.4, -0.2) is 13.8 Å². The SMILES string of the molecule is COc1cccc2c(OCN)cccc12. The molecule has 0 spiro atoms. The molecule has 0 radical (unpaired) electrons. The average molecular weight is 203 g/mol. The Hall–Kier alpha value is -1.74. The summed E-state index contributed by atoms with van der Waals surface area (Å²) in [5, 5.41) is 2.05. The molecule has 3 nitrogen and oxygen atoms in total. The number of nitrogens with two attached hydrogens (primary N) is 1. The first-order chi connectivity index (χ1) is 7.36. The third-order valence-corrected chi connectivity index (χ3v) is 2.30. The van der Waals surface area contributed by atoms with E-state index < -0.39 is 0 Å². The Morgan fingerprint density at radius 3 is 2.20 bits per heavy atom. The Morgan fingerprint density at radius 2 is 1.60 bits per heavy atom. The van der Waals surface area contributed by atoms with Crippen molar-refractivity contribution in [3.8, 4) is 11.5 Å². The summed E-state index contributed by atoms with van der Waals surface area (Å²) in [6.45, 7) is 0.177. The quantitative estimate of drug-likeness (QED) is 0.777. The van der Waals surface area contributed by atoms with Crippen LogP contribution >= 0.6 is 0 Å². The topological polar surface area (TPSA) is 44.5 Å². The van der Waals surface area contributed by atoms with E-state index in [2.05, 4.69) is 0 Å². The fourth-order valence-electron chi connectivity index (χ4n) is 1.65. The van der Waals surface area contributed by atoms with Crippen LogP contribution in [0, 0.1) is 0 Å². The zero-order valence-corrected chi connectivity index (χ0v) is 8.57. The molecule has 78 valence electrons. The van der Waals surface area contributed by atoms with Crippen molar-refractivity contribution in [3.05, 3.63) is 36.4 Å². The highest BCUT2D eigenvalue weighted by Crippen LogP contribution is 2.31. The Bertz CT molecular complexity index is 468. The highest BCUT2D eigenvalue weighted by Gasteiger charge is 2.04. The van der Waals surface area contributed by atoms with E-state index in [4.69, 9.17) is 15.2 Å².